The number of benzene rings is 3. The van der Waals surface area contributed by atoms with Gasteiger partial charge in [-0.05, 0) is 49.2 Å². The SMILES string of the molecule is C[C@H]1Cc2ccccc2N1C(=O)Cc1nc(N2CCOCC2)cc(=O)[nH]1.Cn1cnc2c(F)c(Nc3ccc(Br)cc3Cl)c(C(=O)NOCCO)cc21. The molecule has 7 rings (SSSR count). The number of fused-ring (bicyclic) bond motifs is 2. The third kappa shape index (κ3) is 8.69. The maximum atomic E-state index is 15.1. The Hall–Kier alpha value is -4.87. The van der Waals surface area contributed by atoms with Gasteiger partial charge < -0.3 is 34.5 Å². The summed E-state index contributed by atoms with van der Waals surface area (Å²) < 4.78 is 22.8. The van der Waals surface area contributed by atoms with Crippen LogP contribution in [-0.4, -0.2) is 82.0 Å². The summed E-state index contributed by atoms with van der Waals surface area (Å²) in [6.07, 6.45) is 2.37. The molecule has 53 heavy (non-hydrogen) atoms. The lowest BCUT2D eigenvalue weighted by Gasteiger charge is -2.28. The number of morpholine rings is 1. The Morgan fingerprint density at radius 2 is 1.94 bits per heavy atom. The summed E-state index contributed by atoms with van der Waals surface area (Å²) in [4.78, 5) is 57.4. The molecule has 2 aliphatic rings. The van der Waals surface area contributed by atoms with E-state index in [-0.39, 0.29) is 53.9 Å². The minimum atomic E-state index is -0.695. The Morgan fingerprint density at radius 1 is 1.17 bits per heavy atom. The van der Waals surface area contributed by atoms with E-state index in [9.17, 15) is 14.4 Å². The van der Waals surface area contributed by atoms with Gasteiger partial charge >= 0.3 is 0 Å². The van der Waals surface area contributed by atoms with E-state index in [4.69, 9.17) is 26.3 Å². The fourth-order valence-electron chi connectivity index (χ4n) is 6.17. The fraction of sp³-hybridized carbons (Fsp3) is 0.306. The second-order valence-corrected chi connectivity index (χ2v) is 13.7. The number of aryl methyl sites for hydroxylation is 1. The van der Waals surface area contributed by atoms with Gasteiger partial charge in [0.2, 0.25) is 5.91 Å². The smallest absolute Gasteiger partial charge is 0.277 e. The summed E-state index contributed by atoms with van der Waals surface area (Å²) in [5.41, 5.74) is 4.95. The Morgan fingerprint density at radius 3 is 2.70 bits per heavy atom. The van der Waals surface area contributed by atoms with E-state index in [2.05, 4.69) is 47.7 Å². The van der Waals surface area contributed by atoms with Crippen molar-refractivity contribution in [3.8, 4) is 0 Å². The molecule has 2 amide bonds. The number of aliphatic hydroxyl groups is 1. The van der Waals surface area contributed by atoms with Gasteiger partial charge in [-0.25, -0.2) is 19.8 Å². The molecule has 3 aromatic carbocycles. The van der Waals surface area contributed by atoms with Crippen molar-refractivity contribution in [2.45, 2.75) is 25.8 Å². The maximum Gasteiger partial charge on any atom is 0.277 e. The van der Waals surface area contributed by atoms with Crippen molar-refractivity contribution in [2.24, 2.45) is 7.05 Å². The molecule has 0 saturated carbocycles. The summed E-state index contributed by atoms with van der Waals surface area (Å²) in [6, 6.07) is 16.1. The lowest BCUT2D eigenvalue weighted by molar-refractivity contribution is -0.118. The molecule has 1 atom stereocenters. The number of carbonyl (C=O) groups excluding carboxylic acids is 2. The van der Waals surface area contributed by atoms with Crippen LogP contribution in [0.2, 0.25) is 5.02 Å². The molecular weight excluding hydrogens is 775 g/mol. The second-order valence-electron chi connectivity index (χ2n) is 12.4. The third-order valence-corrected chi connectivity index (χ3v) is 9.47. The van der Waals surface area contributed by atoms with Gasteiger partial charge in [0.1, 0.15) is 17.2 Å². The van der Waals surface area contributed by atoms with Crippen LogP contribution in [-0.2, 0) is 34.3 Å². The number of para-hydroxylation sites is 1. The molecule has 0 spiro atoms. The first-order valence-corrected chi connectivity index (χ1v) is 17.9. The van der Waals surface area contributed by atoms with Crippen molar-refractivity contribution in [3.05, 3.63) is 104 Å². The van der Waals surface area contributed by atoms with Crippen LogP contribution in [0.5, 0.6) is 0 Å². The molecule has 4 heterocycles. The van der Waals surface area contributed by atoms with Crippen LogP contribution < -0.4 is 26.2 Å². The molecule has 0 bridgehead atoms. The molecule has 2 aliphatic heterocycles. The summed E-state index contributed by atoms with van der Waals surface area (Å²) in [5, 5.41) is 12.0. The molecule has 278 valence electrons. The molecule has 17 heteroatoms. The molecule has 0 radical (unpaired) electrons. The van der Waals surface area contributed by atoms with E-state index in [1.165, 1.54) is 24.0 Å². The second kappa shape index (κ2) is 16.9. The fourth-order valence-corrected chi connectivity index (χ4v) is 6.90. The topological polar surface area (TPSA) is 167 Å². The Kier molecular flexibility index (Phi) is 12.0. The number of hydroxylamine groups is 1. The van der Waals surface area contributed by atoms with Crippen LogP contribution in [0, 0.1) is 5.82 Å². The molecule has 5 aromatic rings. The van der Waals surface area contributed by atoms with Crippen molar-refractivity contribution >= 4 is 73.3 Å². The van der Waals surface area contributed by atoms with Crippen molar-refractivity contribution in [3.63, 3.8) is 0 Å². The van der Waals surface area contributed by atoms with Crippen molar-refractivity contribution in [2.75, 3.05) is 54.6 Å². The number of ether oxygens (including phenoxy) is 1. The monoisotopic (exact) mass is 810 g/mol. The molecule has 4 N–H and O–H groups in total. The number of hydrogen-bond donors (Lipinski definition) is 4. The number of nitrogens with one attached hydrogen (secondary N) is 3. The predicted molar refractivity (Wildman–Crippen MR) is 202 cm³/mol. The average molecular weight is 812 g/mol. The number of anilines is 4. The zero-order chi connectivity index (χ0) is 37.6. The third-order valence-electron chi connectivity index (χ3n) is 8.66. The highest BCUT2D eigenvalue weighted by atomic mass is 79.9. The van der Waals surface area contributed by atoms with Gasteiger partial charge in [-0.2, -0.15) is 0 Å². The molecule has 0 aliphatic carbocycles. The summed E-state index contributed by atoms with van der Waals surface area (Å²) >= 11 is 9.51. The maximum absolute atomic E-state index is 15.1. The molecule has 1 fully saturated rings. The van der Waals surface area contributed by atoms with Gasteiger partial charge in [-0.1, -0.05) is 45.7 Å². The number of nitrogens with zero attached hydrogens (tertiary/aromatic N) is 5. The van der Waals surface area contributed by atoms with Gasteiger partial charge in [-0.3, -0.25) is 19.2 Å². The van der Waals surface area contributed by atoms with Crippen LogP contribution in [0.4, 0.5) is 27.3 Å². The van der Waals surface area contributed by atoms with Crippen LogP contribution in [0.25, 0.3) is 11.0 Å². The first-order chi connectivity index (χ1) is 25.5. The molecule has 2 aromatic heterocycles. The summed E-state index contributed by atoms with van der Waals surface area (Å²) in [7, 11) is 1.69. The number of hydrogen-bond acceptors (Lipinski definition) is 10. The predicted octanol–water partition coefficient (Wildman–Crippen LogP) is 4.65. The Labute approximate surface area is 317 Å². The highest BCUT2D eigenvalue weighted by molar-refractivity contribution is 9.10. The quantitative estimate of drug-likeness (QED) is 0.122. The van der Waals surface area contributed by atoms with Gasteiger partial charge in [0, 0.05) is 42.4 Å². The number of H-pyrrole nitrogens is 1. The Bertz CT molecular complexity index is 2190. The van der Waals surface area contributed by atoms with Crippen LogP contribution >= 0.6 is 27.5 Å². The zero-order valence-corrected chi connectivity index (χ0v) is 31.2. The Balaban J connectivity index is 0.000000181. The molecule has 0 unspecified atom stereocenters. The van der Waals surface area contributed by atoms with Crippen LogP contribution in [0.3, 0.4) is 0 Å². The highest BCUT2D eigenvalue weighted by Gasteiger charge is 2.31. The molecule has 14 nitrogen and oxygen atoms in total. The minimum absolute atomic E-state index is 0.000486. The number of halogens is 3. The van der Waals surface area contributed by atoms with E-state index in [0.29, 0.717) is 54.2 Å². The number of amides is 2. The van der Waals surface area contributed by atoms with Crippen molar-refractivity contribution < 1.29 is 28.7 Å². The van der Waals surface area contributed by atoms with Gasteiger partial charge in [0.05, 0.1) is 66.7 Å². The number of aromatic amines is 1. The number of aliphatic hydroxyl groups excluding tert-OH is 1. The zero-order valence-electron chi connectivity index (χ0n) is 28.9. The molecule has 1 saturated heterocycles. The number of carbonyl (C=O) groups is 2. The first-order valence-electron chi connectivity index (χ1n) is 16.8. The lowest BCUT2D eigenvalue weighted by atomic mass is 10.1. The van der Waals surface area contributed by atoms with Crippen LogP contribution in [0.15, 0.2) is 70.2 Å². The highest BCUT2D eigenvalue weighted by Crippen LogP contribution is 2.35. The minimum Gasteiger partial charge on any atom is -0.394 e. The standard InChI is InChI=1S/C19H22N4O3.C17H15BrClFN4O3/c1-13-10-14-4-2-3-5-15(14)23(13)19(25)11-16-20-17(12-18(24)21-16)22-6-8-26-9-7-22;1-24-8-21-16-13(24)7-10(17(26)23-27-5-4-25)15(14(16)20)22-12-3-2-9(18)6-11(12)19/h2-5,12-13H,6-11H2,1H3,(H,20,21,24);2-3,6-8,22,25H,4-5H2,1H3,(H,23,26)/t13-;/m0./s1. The van der Waals surface area contributed by atoms with Gasteiger partial charge in [0.15, 0.2) is 5.82 Å². The van der Waals surface area contributed by atoms with E-state index in [0.717, 1.165) is 16.6 Å². The normalized spacial score (nSPS) is 15.2. The average Bonchev–Trinajstić information content (AvgIpc) is 3.69. The first kappa shape index (κ1) is 37.9. The molecular formula is C36H37BrClFN8O6. The van der Waals surface area contributed by atoms with Crippen molar-refractivity contribution in [1.29, 1.82) is 0 Å². The number of rotatable bonds is 9. The van der Waals surface area contributed by atoms with Gasteiger partial charge in [-0.15, -0.1) is 0 Å². The number of aromatic nitrogens is 4. The summed E-state index contributed by atoms with van der Waals surface area (Å²) in [6.45, 7) is 4.30. The van der Waals surface area contributed by atoms with Crippen LogP contribution in [0.1, 0.15) is 28.7 Å². The van der Waals surface area contributed by atoms with Crippen molar-refractivity contribution in [1.82, 2.24) is 25.0 Å². The lowest BCUT2D eigenvalue weighted by Crippen LogP contribution is -2.39. The van der Waals surface area contributed by atoms with E-state index >= 15 is 4.39 Å². The van der Waals surface area contributed by atoms with E-state index < -0.39 is 11.7 Å². The van der Waals surface area contributed by atoms with E-state index in [1.54, 1.807) is 29.8 Å². The summed E-state index contributed by atoms with van der Waals surface area (Å²) in [5.74, 6) is -0.416. The van der Waals surface area contributed by atoms with Gasteiger partial charge in [0.25, 0.3) is 11.5 Å². The van der Waals surface area contributed by atoms with E-state index in [1.807, 2.05) is 34.9 Å². The largest absolute Gasteiger partial charge is 0.394 e. The number of imidazole rings is 1.